The Morgan fingerprint density at radius 3 is 1.91 bits per heavy atom. The second-order valence-electron chi connectivity index (χ2n) is 9.23. The van der Waals surface area contributed by atoms with E-state index in [4.69, 9.17) is 4.42 Å². The highest BCUT2D eigenvalue weighted by Crippen LogP contribution is 2.39. The first kappa shape index (κ1) is 20.3. The van der Waals surface area contributed by atoms with Gasteiger partial charge in [-0.25, -0.2) is 0 Å². The lowest BCUT2D eigenvalue weighted by Gasteiger charge is -2.09. The number of furan rings is 1. The average Bonchev–Trinajstić information content (AvgIpc) is 3.45. The zero-order chi connectivity index (χ0) is 23.5. The van der Waals surface area contributed by atoms with Crippen LogP contribution in [0.25, 0.3) is 55.3 Å². The third-order valence-corrected chi connectivity index (χ3v) is 7.14. The largest absolute Gasteiger partial charge is 0.488 e. The molecule has 0 bridgehead atoms. The summed E-state index contributed by atoms with van der Waals surface area (Å²) in [6.07, 6.45) is 0.872. The molecular weight excluding hydrogens is 431 g/mol. The zero-order valence-electron chi connectivity index (χ0n) is 18.9. The quantitative estimate of drug-likeness (QED) is 0.315. The van der Waals surface area contributed by atoms with E-state index in [1.165, 1.54) is 16.7 Å². The van der Waals surface area contributed by atoms with Gasteiger partial charge in [0.1, 0.15) is 11.2 Å². The van der Waals surface area contributed by atoms with Crippen molar-refractivity contribution < 1.29 is 14.5 Å². The minimum Gasteiger partial charge on any atom is -0.456 e. The Hall–Kier alpha value is -4.12. The fraction of sp³-hybridized carbons (Fsp3) is 0.0323. The molecule has 1 aromatic heterocycles. The molecule has 1 heterocycles. The Morgan fingerprint density at radius 2 is 1.14 bits per heavy atom. The van der Waals surface area contributed by atoms with E-state index in [0.717, 1.165) is 56.2 Å². The average molecular weight is 452 g/mol. The highest BCUT2D eigenvalue weighted by atomic mass is 16.4. The molecule has 0 amide bonds. The van der Waals surface area contributed by atoms with Crippen LogP contribution in [0.4, 0.5) is 0 Å². The molecule has 35 heavy (non-hydrogen) atoms. The van der Waals surface area contributed by atoms with Crippen molar-refractivity contribution in [1.29, 1.82) is 0 Å². The third-order valence-electron chi connectivity index (χ3n) is 7.14. The van der Waals surface area contributed by atoms with E-state index < -0.39 is 7.12 Å². The molecule has 4 heteroatoms. The number of fused-ring (bicyclic) bond motifs is 6. The topological polar surface area (TPSA) is 53.6 Å². The van der Waals surface area contributed by atoms with E-state index in [1.807, 2.05) is 36.4 Å². The van der Waals surface area contributed by atoms with Gasteiger partial charge in [-0.15, -0.1) is 0 Å². The first-order valence-electron chi connectivity index (χ1n) is 11.8. The van der Waals surface area contributed by atoms with Crippen LogP contribution in [0.15, 0.2) is 108 Å². The van der Waals surface area contributed by atoms with Crippen molar-refractivity contribution >= 4 is 34.5 Å². The highest BCUT2D eigenvalue weighted by molar-refractivity contribution is 6.58. The maximum atomic E-state index is 9.60. The third kappa shape index (κ3) is 3.30. The van der Waals surface area contributed by atoms with Gasteiger partial charge in [-0.05, 0) is 80.7 Å². The molecule has 0 radical (unpaired) electrons. The summed E-state index contributed by atoms with van der Waals surface area (Å²) in [5.41, 5.74) is 11.7. The summed E-state index contributed by atoms with van der Waals surface area (Å²) in [4.78, 5) is 0. The Morgan fingerprint density at radius 1 is 0.543 bits per heavy atom. The van der Waals surface area contributed by atoms with Crippen LogP contribution in [-0.4, -0.2) is 17.2 Å². The molecule has 1 aliphatic carbocycles. The molecule has 3 nitrogen and oxygen atoms in total. The molecule has 0 atom stereocenters. The van der Waals surface area contributed by atoms with E-state index in [-0.39, 0.29) is 0 Å². The lowest BCUT2D eigenvalue weighted by Crippen LogP contribution is -2.29. The van der Waals surface area contributed by atoms with Gasteiger partial charge >= 0.3 is 7.12 Å². The number of benzene rings is 5. The summed E-state index contributed by atoms with van der Waals surface area (Å²) in [5, 5.41) is 21.5. The molecule has 2 N–H and O–H groups in total. The van der Waals surface area contributed by atoms with Crippen molar-refractivity contribution in [2.75, 3.05) is 0 Å². The zero-order valence-corrected chi connectivity index (χ0v) is 18.9. The van der Waals surface area contributed by atoms with Gasteiger partial charge in [0.25, 0.3) is 0 Å². The molecule has 166 valence electrons. The van der Waals surface area contributed by atoms with Gasteiger partial charge in [0.15, 0.2) is 0 Å². The normalized spacial score (nSPS) is 12.2. The second kappa shape index (κ2) is 7.71. The highest BCUT2D eigenvalue weighted by Gasteiger charge is 2.22. The van der Waals surface area contributed by atoms with Crippen LogP contribution in [0.5, 0.6) is 0 Å². The molecule has 0 unspecified atom stereocenters. The molecular formula is C31H21BO3. The molecule has 0 aliphatic heterocycles. The fourth-order valence-corrected chi connectivity index (χ4v) is 5.29. The SMILES string of the molecule is OB(O)c1ccc2c(c1)-c1cc(-c3ccc(-c4ccc5oc6ccccc6c5c4)cc3)ccc1C2. The van der Waals surface area contributed by atoms with Crippen LogP contribution < -0.4 is 5.46 Å². The van der Waals surface area contributed by atoms with Gasteiger partial charge in [-0.1, -0.05) is 78.9 Å². The van der Waals surface area contributed by atoms with Gasteiger partial charge < -0.3 is 14.5 Å². The predicted octanol–water partition coefficient (Wildman–Crippen LogP) is 6.17. The Bertz CT molecular complexity index is 1750. The Kier molecular flexibility index (Phi) is 4.46. The summed E-state index contributed by atoms with van der Waals surface area (Å²) in [6, 6.07) is 35.4. The summed E-state index contributed by atoms with van der Waals surface area (Å²) in [7, 11) is -1.46. The van der Waals surface area contributed by atoms with Crippen molar-refractivity contribution in [3.8, 4) is 33.4 Å². The molecule has 0 spiro atoms. The first-order chi connectivity index (χ1) is 17.1. The van der Waals surface area contributed by atoms with Gasteiger partial charge in [0.05, 0.1) is 0 Å². The minimum absolute atomic E-state index is 0.522. The smallest absolute Gasteiger partial charge is 0.456 e. The van der Waals surface area contributed by atoms with Crippen LogP contribution in [0, 0.1) is 0 Å². The van der Waals surface area contributed by atoms with Crippen molar-refractivity contribution in [3.05, 3.63) is 114 Å². The number of para-hydroxylation sites is 1. The number of hydrogen-bond acceptors (Lipinski definition) is 3. The molecule has 0 saturated carbocycles. The van der Waals surface area contributed by atoms with Gasteiger partial charge in [0, 0.05) is 10.8 Å². The molecule has 5 aromatic carbocycles. The minimum atomic E-state index is -1.46. The lowest BCUT2D eigenvalue weighted by molar-refractivity contribution is 0.426. The monoisotopic (exact) mass is 452 g/mol. The second-order valence-corrected chi connectivity index (χ2v) is 9.23. The van der Waals surface area contributed by atoms with Gasteiger partial charge in [-0.3, -0.25) is 0 Å². The molecule has 1 aliphatic rings. The van der Waals surface area contributed by atoms with E-state index in [9.17, 15) is 10.0 Å². The van der Waals surface area contributed by atoms with Crippen molar-refractivity contribution in [2.45, 2.75) is 6.42 Å². The van der Waals surface area contributed by atoms with E-state index >= 15 is 0 Å². The molecule has 0 saturated heterocycles. The predicted molar refractivity (Wildman–Crippen MR) is 143 cm³/mol. The lowest BCUT2D eigenvalue weighted by atomic mass is 9.79. The van der Waals surface area contributed by atoms with Gasteiger partial charge in [0.2, 0.25) is 0 Å². The van der Waals surface area contributed by atoms with Crippen molar-refractivity contribution in [1.82, 2.24) is 0 Å². The van der Waals surface area contributed by atoms with E-state index in [1.54, 1.807) is 6.07 Å². The maximum absolute atomic E-state index is 9.60. The molecule has 0 fully saturated rings. The molecule has 6 aromatic rings. The first-order valence-corrected chi connectivity index (χ1v) is 11.8. The van der Waals surface area contributed by atoms with Crippen LogP contribution in [0.3, 0.4) is 0 Å². The molecule has 7 rings (SSSR count). The van der Waals surface area contributed by atoms with E-state index in [2.05, 4.69) is 60.7 Å². The Balaban J connectivity index is 1.24. The van der Waals surface area contributed by atoms with Crippen molar-refractivity contribution in [2.24, 2.45) is 0 Å². The number of rotatable bonds is 3. The summed E-state index contributed by atoms with van der Waals surface area (Å²) in [6.45, 7) is 0. The van der Waals surface area contributed by atoms with Crippen LogP contribution in [0.2, 0.25) is 0 Å². The summed E-state index contributed by atoms with van der Waals surface area (Å²) in [5.74, 6) is 0. The standard InChI is InChI=1S/C31H21BO3/c33-32(34)25-13-11-24-15-23-10-9-21(16-27(23)28(24)18-25)19-5-7-20(8-6-19)22-12-14-31-29(17-22)26-3-1-2-4-30(26)35-31/h1-14,16-18,33-34H,15H2. The Labute approximate surface area is 203 Å². The fourth-order valence-electron chi connectivity index (χ4n) is 5.29. The van der Waals surface area contributed by atoms with Crippen LogP contribution in [0.1, 0.15) is 11.1 Å². The van der Waals surface area contributed by atoms with E-state index in [0.29, 0.717) is 5.46 Å². The van der Waals surface area contributed by atoms with Crippen molar-refractivity contribution in [3.63, 3.8) is 0 Å². The number of hydrogen-bond donors (Lipinski definition) is 2. The summed E-state index contributed by atoms with van der Waals surface area (Å²) < 4.78 is 5.97. The van der Waals surface area contributed by atoms with Gasteiger partial charge in [-0.2, -0.15) is 0 Å². The summed E-state index contributed by atoms with van der Waals surface area (Å²) >= 11 is 0. The maximum Gasteiger partial charge on any atom is 0.488 e. The van der Waals surface area contributed by atoms with Crippen LogP contribution in [-0.2, 0) is 6.42 Å². The van der Waals surface area contributed by atoms with Crippen LogP contribution >= 0.6 is 0 Å².